The average molecular weight is 271 g/mol. The molecule has 1 heterocycles. The summed E-state index contributed by atoms with van der Waals surface area (Å²) in [4.78, 5) is 0. The van der Waals surface area contributed by atoms with Crippen LogP contribution >= 0.6 is 0 Å². The Hall–Kier alpha value is -2.36. The van der Waals surface area contributed by atoms with Gasteiger partial charge in [-0.05, 0) is 41.5 Å². The van der Waals surface area contributed by atoms with Crippen LogP contribution < -0.4 is 14.8 Å². The lowest BCUT2D eigenvalue weighted by atomic mass is 10.1. The van der Waals surface area contributed by atoms with Crippen molar-refractivity contribution in [3.05, 3.63) is 47.5 Å². The maximum Gasteiger partial charge on any atom is 0.160 e. The topological polar surface area (TPSA) is 50.7 Å². The Morgan fingerprint density at radius 1 is 1.25 bits per heavy atom. The van der Waals surface area contributed by atoms with E-state index in [0.717, 1.165) is 30.0 Å². The highest BCUT2D eigenvalue weighted by atomic mass is 16.5. The third kappa shape index (κ3) is 2.50. The molecule has 2 N–H and O–H groups in total. The molecule has 4 nitrogen and oxygen atoms in total. The summed E-state index contributed by atoms with van der Waals surface area (Å²) in [5.41, 5.74) is 3.30. The lowest BCUT2D eigenvalue weighted by Gasteiger charge is -2.09. The third-order valence-electron chi connectivity index (χ3n) is 3.43. The molecule has 3 rings (SSSR count). The van der Waals surface area contributed by atoms with Crippen LogP contribution in [0.15, 0.2) is 36.4 Å². The Labute approximate surface area is 118 Å². The van der Waals surface area contributed by atoms with Crippen LogP contribution in [0.4, 0.5) is 5.69 Å². The second-order valence-electron chi connectivity index (χ2n) is 4.78. The number of rotatable bonds is 4. The minimum atomic E-state index is 0.161. The number of phenolic OH excluding ortho intramolecular Hbond substituents is 1. The van der Waals surface area contributed by atoms with Gasteiger partial charge in [-0.1, -0.05) is 6.07 Å². The molecule has 0 aromatic heterocycles. The Morgan fingerprint density at radius 2 is 2.15 bits per heavy atom. The van der Waals surface area contributed by atoms with Gasteiger partial charge in [0.25, 0.3) is 0 Å². The Kier molecular flexibility index (Phi) is 3.37. The van der Waals surface area contributed by atoms with Gasteiger partial charge in [-0.2, -0.15) is 0 Å². The molecule has 0 amide bonds. The van der Waals surface area contributed by atoms with Crippen molar-refractivity contribution >= 4 is 5.69 Å². The van der Waals surface area contributed by atoms with Gasteiger partial charge in [-0.15, -0.1) is 0 Å². The number of aromatic hydroxyl groups is 1. The lowest BCUT2D eigenvalue weighted by Crippen LogP contribution is -1.99. The maximum absolute atomic E-state index is 9.75. The van der Waals surface area contributed by atoms with Crippen molar-refractivity contribution < 1.29 is 14.6 Å². The lowest BCUT2D eigenvalue weighted by molar-refractivity contribution is 0.357. The molecule has 20 heavy (non-hydrogen) atoms. The van der Waals surface area contributed by atoms with Gasteiger partial charge >= 0.3 is 0 Å². The van der Waals surface area contributed by atoms with Gasteiger partial charge in [0.05, 0.1) is 13.7 Å². The van der Waals surface area contributed by atoms with Crippen molar-refractivity contribution in [3.8, 4) is 17.2 Å². The fourth-order valence-corrected chi connectivity index (χ4v) is 2.35. The Balaban J connectivity index is 1.69. The minimum Gasteiger partial charge on any atom is -0.504 e. The van der Waals surface area contributed by atoms with Crippen molar-refractivity contribution in [1.29, 1.82) is 0 Å². The number of ether oxygens (including phenoxy) is 2. The number of hydrogen-bond acceptors (Lipinski definition) is 4. The highest BCUT2D eigenvalue weighted by Crippen LogP contribution is 2.29. The second-order valence-corrected chi connectivity index (χ2v) is 4.78. The molecule has 0 saturated heterocycles. The normalized spacial score (nSPS) is 12.7. The van der Waals surface area contributed by atoms with Gasteiger partial charge in [0.2, 0.25) is 0 Å². The van der Waals surface area contributed by atoms with Crippen molar-refractivity contribution in [2.75, 3.05) is 19.0 Å². The molecule has 0 unspecified atom stereocenters. The number of anilines is 1. The molecule has 0 fully saturated rings. The molecular formula is C16H17NO3. The summed E-state index contributed by atoms with van der Waals surface area (Å²) in [5.74, 6) is 1.63. The largest absolute Gasteiger partial charge is 0.504 e. The van der Waals surface area contributed by atoms with E-state index >= 15 is 0 Å². The fraction of sp³-hybridized carbons (Fsp3) is 0.250. The van der Waals surface area contributed by atoms with Crippen LogP contribution in [-0.4, -0.2) is 18.8 Å². The van der Waals surface area contributed by atoms with Crippen molar-refractivity contribution in [3.63, 3.8) is 0 Å². The van der Waals surface area contributed by atoms with E-state index in [1.54, 1.807) is 19.2 Å². The number of phenols is 1. The van der Waals surface area contributed by atoms with Gasteiger partial charge in [-0.3, -0.25) is 0 Å². The van der Waals surface area contributed by atoms with E-state index in [4.69, 9.17) is 9.47 Å². The van der Waals surface area contributed by atoms with Gasteiger partial charge in [0.15, 0.2) is 11.5 Å². The van der Waals surface area contributed by atoms with Gasteiger partial charge in [0.1, 0.15) is 5.75 Å². The SMILES string of the molecule is COc1ccc(CNc2ccc3c(c2)CCO3)cc1O. The minimum absolute atomic E-state index is 0.161. The first-order valence-corrected chi connectivity index (χ1v) is 6.62. The van der Waals surface area contributed by atoms with Crippen molar-refractivity contribution in [2.45, 2.75) is 13.0 Å². The number of benzene rings is 2. The molecular weight excluding hydrogens is 254 g/mol. The molecule has 2 aromatic carbocycles. The van der Waals surface area contributed by atoms with Crippen LogP contribution in [0.2, 0.25) is 0 Å². The van der Waals surface area contributed by atoms with Gasteiger partial charge < -0.3 is 19.9 Å². The zero-order valence-electron chi connectivity index (χ0n) is 11.3. The smallest absolute Gasteiger partial charge is 0.160 e. The van der Waals surface area contributed by atoms with E-state index in [0.29, 0.717) is 12.3 Å². The average Bonchev–Trinajstić information content (AvgIpc) is 2.92. The van der Waals surface area contributed by atoms with E-state index < -0.39 is 0 Å². The zero-order valence-corrected chi connectivity index (χ0v) is 11.3. The summed E-state index contributed by atoms with van der Waals surface area (Å²) in [6, 6.07) is 11.5. The molecule has 1 aliphatic rings. The summed E-state index contributed by atoms with van der Waals surface area (Å²) in [7, 11) is 1.54. The first kappa shape index (κ1) is 12.7. The fourth-order valence-electron chi connectivity index (χ4n) is 2.35. The number of fused-ring (bicyclic) bond motifs is 1. The zero-order chi connectivity index (χ0) is 13.9. The van der Waals surface area contributed by atoms with Crippen molar-refractivity contribution in [1.82, 2.24) is 0 Å². The summed E-state index contributed by atoms with van der Waals surface area (Å²) >= 11 is 0. The standard InChI is InChI=1S/C16H17NO3/c1-19-16-4-2-11(8-14(16)18)10-17-13-3-5-15-12(9-13)6-7-20-15/h2-5,8-9,17-18H,6-7,10H2,1H3. The predicted octanol–water partition coefficient (Wildman–Crippen LogP) is 2.95. The highest BCUT2D eigenvalue weighted by molar-refractivity contribution is 5.53. The molecule has 0 radical (unpaired) electrons. The van der Waals surface area contributed by atoms with E-state index in [1.807, 2.05) is 18.2 Å². The summed E-state index contributed by atoms with van der Waals surface area (Å²) in [5, 5.41) is 13.1. The van der Waals surface area contributed by atoms with Crippen LogP contribution in [0.5, 0.6) is 17.2 Å². The van der Waals surface area contributed by atoms with Crippen molar-refractivity contribution in [2.24, 2.45) is 0 Å². The molecule has 0 saturated carbocycles. The third-order valence-corrected chi connectivity index (χ3v) is 3.43. The van der Waals surface area contributed by atoms with Crippen LogP contribution in [0.25, 0.3) is 0 Å². The Morgan fingerprint density at radius 3 is 2.95 bits per heavy atom. The van der Waals surface area contributed by atoms with Gasteiger partial charge in [0, 0.05) is 18.7 Å². The molecule has 1 aliphatic heterocycles. The molecule has 0 bridgehead atoms. The molecule has 0 aliphatic carbocycles. The van der Waals surface area contributed by atoms with E-state index in [9.17, 15) is 5.11 Å². The quantitative estimate of drug-likeness (QED) is 0.897. The van der Waals surface area contributed by atoms with Crippen LogP contribution in [-0.2, 0) is 13.0 Å². The summed E-state index contributed by atoms with van der Waals surface area (Å²) in [6.07, 6.45) is 0.966. The number of methoxy groups -OCH3 is 1. The maximum atomic E-state index is 9.75. The van der Waals surface area contributed by atoms with Crippen LogP contribution in [0.3, 0.4) is 0 Å². The number of hydrogen-bond donors (Lipinski definition) is 2. The predicted molar refractivity (Wildman–Crippen MR) is 77.6 cm³/mol. The number of nitrogens with one attached hydrogen (secondary N) is 1. The monoisotopic (exact) mass is 271 g/mol. The molecule has 104 valence electrons. The van der Waals surface area contributed by atoms with E-state index in [1.165, 1.54) is 5.56 Å². The molecule has 2 aromatic rings. The highest BCUT2D eigenvalue weighted by Gasteiger charge is 2.11. The second kappa shape index (κ2) is 5.33. The summed E-state index contributed by atoms with van der Waals surface area (Å²) < 4.78 is 10.5. The van der Waals surface area contributed by atoms with Gasteiger partial charge in [-0.25, -0.2) is 0 Å². The first-order chi connectivity index (χ1) is 9.76. The van der Waals surface area contributed by atoms with Crippen LogP contribution in [0.1, 0.15) is 11.1 Å². The summed E-state index contributed by atoms with van der Waals surface area (Å²) in [6.45, 7) is 1.42. The van der Waals surface area contributed by atoms with E-state index in [-0.39, 0.29) is 5.75 Å². The van der Waals surface area contributed by atoms with E-state index in [2.05, 4.69) is 11.4 Å². The molecule has 0 spiro atoms. The Bertz CT molecular complexity index is 625. The molecule has 4 heteroatoms. The molecule has 0 atom stereocenters. The van der Waals surface area contributed by atoms with Crippen LogP contribution in [0, 0.1) is 0 Å². The first-order valence-electron chi connectivity index (χ1n) is 6.62.